The lowest BCUT2D eigenvalue weighted by Crippen LogP contribution is -2.54. The molecular weight excluding hydrogens is 248 g/mol. The molecule has 2 fully saturated rings. The maximum atomic E-state index is 5.32. The Hall–Kier alpha value is -0.760. The minimum atomic E-state index is 0.696. The molecule has 2 saturated heterocycles. The highest BCUT2D eigenvalue weighted by Gasteiger charge is 2.29. The lowest BCUT2D eigenvalue weighted by molar-refractivity contribution is 0.0455. The highest BCUT2D eigenvalue weighted by molar-refractivity contribution is 7.15. The van der Waals surface area contributed by atoms with Gasteiger partial charge in [0.25, 0.3) is 0 Å². The second-order valence-corrected chi connectivity index (χ2v) is 6.13. The fraction of sp³-hybridized carbons (Fsp3) is 0.818. The van der Waals surface area contributed by atoms with Crippen molar-refractivity contribution in [3.8, 4) is 0 Å². The van der Waals surface area contributed by atoms with Crippen LogP contribution in [0.3, 0.4) is 0 Å². The Labute approximate surface area is 111 Å². The highest BCUT2D eigenvalue weighted by Crippen LogP contribution is 2.23. The van der Waals surface area contributed by atoms with E-state index in [-0.39, 0.29) is 0 Å². The zero-order valence-electron chi connectivity index (χ0n) is 10.5. The summed E-state index contributed by atoms with van der Waals surface area (Å²) in [5.41, 5.74) is 2.55. The van der Waals surface area contributed by atoms with E-state index in [1.165, 1.54) is 38.9 Å². The zero-order valence-corrected chi connectivity index (χ0v) is 11.3. The number of piperidine rings is 1. The number of piperazine rings is 1. The summed E-state index contributed by atoms with van der Waals surface area (Å²) in [4.78, 5) is 5.14. The Morgan fingerprint density at radius 2 is 2.22 bits per heavy atom. The predicted molar refractivity (Wildman–Crippen MR) is 72.2 cm³/mol. The summed E-state index contributed by atoms with van der Waals surface area (Å²) in [6.07, 6.45) is 4.11. The number of nitrogens with one attached hydrogen (secondary N) is 1. The average molecular weight is 268 g/mol. The quantitative estimate of drug-likeness (QED) is 0.614. The van der Waals surface area contributed by atoms with E-state index in [2.05, 4.69) is 25.4 Å². The summed E-state index contributed by atoms with van der Waals surface area (Å²) < 4.78 is 0. The number of hydrogen-bond acceptors (Lipinski definition) is 7. The second kappa shape index (κ2) is 5.48. The Balaban J connectivity index is 1.57. The van der Waals surface area contributed by atoms with Crippen LogP contribution < -0.4 is 11.3 Å². The van der Waals surface area contributed by atoms with E-state index in [1.807, 2.05) is 0 Å². The van der Waals surface area contributed by atoms with Crippen LogP contribution in [0.4, 0.5) is 5.13 Å². The molecule has 100 valence electrons. The summed E-state index contributed by atoms with van der Waals surface area (Å²) in [7, 11) is 0. The molecule has 1 unspecified atom stereocenters. The van der Waals surface area contributed by atoms with Crippen LogP contribution in [0.5, 0.6) is 0 Å². The molecule has 1 aromatic heterocycles. The Bertz CT molecular complexity index is 395. The van der Waals surface area contributed by atoms with Crippen molar-refractivity contribution < 1.29 is 0 Å². The molecule has 1 aromatic rings. The Morgan fingerprint density at radius 1 is 1.28 bits per heavy atom. The van der Waals surface area contributed by atoms with Crippen LogP contribution in [-0.2, 0) is 6.54 Å². The minimum Gasteiger partial charge on any atom is -0.298 e. The molecule has 2 aliphatic rings. The molecule has 18 heavy (non-hydrogen) atoms. The largest absolute Gasteiger partial charge is 0.298 e. The number of nitrogens with zero attached hydrogens (tertiary/aromatic N) is 4. The summed E-state index contributed by atoms with van der Waals surface area (Å²) in [5, 5.41) is 9.88. The first-order valence-corrected chi connectivity index (χ1v) is 7.42. The van der Waals surface area contributed by atoms with Gasteiger partial charge in [-0.2, -0.15) is 0 Å². The monoisotopic (exact) mass is 268 g/mol. The third-order valence-electron chi connectivity index (χ3n) is 3.87. The first kappa shape index (κ1) is 12.3. The maximum Gasteiger partial charge on any atom is 0.219 e. The van der Waals surface area contributed by atoms with Gasteiger partial charge in [-0.25, -0.2) is 5.84 Å². The number of rotatable bonds is 3. The molecule has 3 heterocycles. The van der Waals surface area contributed by atoms with Gasteiger partial charge in [-0.05, 0) is 19.4 Å². The van der Waals surface area contributed by atoms with Crippen LogP contribution in [0, 0.1) is 0 Å². The first-order valence-electron chi connectivity index (χ1n) is 6.60. The van der Waals surface area contributed by atoms with E-state index >= 15 is 0 Å². The Kier molecular flexibility index (Phi) is 3.74. The standard InChI is InChI=1S/C11H20N6S/c12-13-11-15-14-10(18-11)8-16-5-6-17-4-2-1-3-9(17)7-16/h9H,1-8,12H2,(H,13,15). The third kappa shape index (κ3) is 2.64. The van der Waals surface area contributed by atoms with Crippen LogP contribution in [-0.4, -0.2) is 52.2 Å². The van der Waals surface area contributed by atoms with E-state index in [0.717, 1.165) is 24.1 Å². The van der Waals surface area contributed by atoms with Crippen molar-refractivity contribution in [2.75, 3.05) is 31.6 Å². The van der Waals surface area contributed by atoms with Gasteiger partial charge in [0.05, 0.1) is 6.54 Å². The fourth-order valence-electron chi connectivity index (χ4n) is 2.93. The van der Waals surface area contributed by atoms with Gasteiger partial charge < -0.3 is 0 Å². The van der Waals surface area contributed by atoms with Gasteiger partial charge in [-0.1, -0.05) is 17.8 Å². The summed E-state index contributed by atoms with van der Waals surface area (Å²) >= 11 is 1.54. The number of nitrogens with two attached hydrogens (primary N) is 1. The molecule has 0 aliphatic carbocycles. The van der Waals surface area contributed by atoms with Crippen molar-refractivity contribution >= 4 is 16.5 Å². The number of hydrazine groups is 1. The molecule has 0 bridgehead atoms. The molecular formula is C11H20N6S. The van der Waals surface area contributed by atoms with Gasteiger partial charge in [0.1, 0.15) is 5.01 Å². The van der Waals surface area contributed by atoms with Crippen LogP contribution in [0.2, 0.25) is 0 Å². The van der Waals surface area contributed by atoms with Crippen LogP contribution in [0.25, 0.3) is 0 Å². The van der Waals surface area contributed by atoms with E-state index in [9.17, 15) is 0 Å². The van der Waals surface area contributed by atoms with Gasteiger partial charge in [0.2, 0.25) is 5.13 Å². The normalized spacial score (nSPS) is 25.9. The number of fused-ring (bicyclic) bond motifs is 1. The second-order valence-electron chi connectivity index (χ2n) is 5.07. The van der Waals surface area contributed by atoms with Gasteiger partial charge in [0.15, 0.2) is 0 Å². The van der Waals surface area contributed by atoms with Crippen molar-refractivity contribution in [3.05, 3.63) is 5.01 Å². The van der Waals surface area contributed by atoms with Crippen molar-refractivity contribution in [2.24, 2.45) is 5.84 Å². The topological polar surface area (TPSA) is 70.3 Å². The molecule has 0 saturated carbocycles. The molecule has 0 amide bonds. The number of hydrogen-bond donors (Lipinski definition) is 2. The first-order chi connectivity index (χ1) is 8.85. The maximum absolute atomic E-state index is 5.32. The summed E-state index contributed by atoms with van der Waals surface area (Å²) in [5.74, 6) is 5.32. The van der Waals surface area contributed by atoms with Gasteiger partial charge in [-0.3, -0.25) is 15.2 Å². The number of aromatic nitrogens is 2. The molecule has 3 N–H and O–H groups in total. The van der Waals surface area contributed by atoms with Crippen molar-refractivity contribution in [2.45, 2.75) is 31.8 Å². The highest BCUT2D eigenvalue weighted by atomic mass is 32.1. The lowest BCUT2D eigenvalue weighted by Gasteiger charge is -2.43. The molecule has 0 radical (unpaired) electrons. The van der Waals surface area contributed by atoms with Crippen molar-refractivity contribution in [1.29, 1.82) is 0 Å². The van der Waals surface area contributed by atoms with Crippen LogP contribution in [0.1, 0.15) is 24.3 Å². The van der Waals surface area contributed by atoms with Crippen LogP contribution >= 0.6 is 11.3 Å². The molecule has 6 nitrogen and oxygen atoms in total. The average Bonchev–Trinajstić information content (AvgIpc) is 2.86. The molecule has 7 heteroatoms. The van der Waals surface area contributed by atoms with E-state index in [1.54, 1.807) is 11.3 Å². The van der Waals surface area contributed by atoms with Crippen LogP contribution in [0.15, 0.2) is 0 Å². The number of anilines is 1. The number of nitrogen functional groups attached to an aromatic ring is 1. The SMILES string of the molecule is NNc1nnc(CN2CCN3CCCCC3C2)s1. The Morgan fingerprint density at radius 3 is 3.06 bits per heavy atom. The van der Waals surface area contributed by atoms with E-state index in [4.69, 9.17) is 5.84 Å². The molecule has 3 rings (SSSR count). The third-order valence-corrected chi connectivity index (χ3v) is 4.71. The predicted octanol–water partition coefficient (Wildman–Crippen LogP) is 0.494. The molecule has 2 aliphatic heterocycles. The summed E-state index contributed by atoms with van der Waals surface area (Å²) in [6.45, 7) is 5.71. The van der Waals surface area contributed by atoms with Gasteiger partial charge in [-0.15, -0.1) is 10.2 Å². The summed E-state index contributed by atoms with van der Waals surface area (Å²) in [6, 6.07) is 0.757. The molecule has 0 spiro atoms. The van der Waals surface area contributed by atoms with E-state index < -0.39 is 0 Å². The molecule has 1 atom stereocenters. The zero-order chi connectivity index (χ0) is 12.4. The van der Waals surface area contributed by atoms with Crippen molar-refractivity contribution in [1.82, 2.24) is 20.0 Å². The van der Waals surface area contributed by atoms with Crippen molar-refractivity contribution in [3.63, 3.8) is 0 Å². The minimum absolute atomic E-state index is 0.696. The van der Waals surface area contributed by atoms with Gasteiger partial charge >= 0.3 is 0 Å². The fourth-order valence-corrected chi connectivity index (χ4v) is 3.62. The lowest BCUT2D eigenvalue weighted by atomic mass is 9.99. The smallest absolute Gasteiger partial charge is 0.219 e. The van der Waals surface area contributed by atoms with E-state index in [0.29, 0.717) is 5.13 Å². The molecule has 0 aromatic carbocycles. The van der Waals surface area contributed by atoms with Gasteiger partial charge in [0, 0.05) is 25.7 Å².